The molecule has 0 unspecified atom stereocenters. The Morgan fingerprint density at radius 2 is 1.14 bits per heavy atom. The fraction of sp³-hybridized carbons (Fsp3) is 0.125. The van der Waals surface area contributed by atoms with Crippen LogP contribution in [-0.2, 0) is 14.1 Å². The van der Waals surface area contributed by atoms with E-state index >= 15 is 0 Å². The van der Waals surface area contributed by atoms with E-state index in [0.29, 0.717) is 22.7 Å². The molecule has 4 rings (SSSR count). The quantitative estimate of drug-likeness (QED) is 0.540. The van der Waals surface area contributed by atoms with E-state index in [1.165, 1.54) is 24.3 Å². The molecule has 4 nitrogen and oxygen atoms in total. The van der Waals surface area contributed by atoms with Crippen LogP contribution in [-0.4, -0.2) is 19.1 Å². The number of hydrogen-bond acceptors (Lipinski definition) is 2. The van der Waals surface area contributed by atoms with Gasteiger partial charge in [0.2, 0.25) is 0 Å². The summed E-state index contributed by atoms with van der Waals surface area (Å²) < 4.78 is 30.4. The summed E-state index contributed by atoms with van der Waals surface area (Å²) in [4.78, 5) is 8.94. The Morgan fingerprint density at radius 1 is 0.727 bits per heavy atom. The van der Waals surface area contributed by atoms with Crippen LogP contribution in [0, 0.1) is 11.6 Å². The summed E-state index contributed by atoms with van der Waals surface area (Å²) in [5.74, 6) is 0.563. The Labute approximate surface area is 124 Å². The standard InChI is InChI=1S/C16H12F2N4/c1-21-13-5-3-9(17)7-11(13)19-15(21)16-20-12-8-10(18)4-6-14(12)22(16)2/h3-8H,1-2H3. The van der Waals surface area contributed by atoms with Crippen LogP contribution in [0.2, 0.25) is 0 Å². The maximum absolute atomic E-state index is 13.4. The van der Waals surface area contributed by atoms with Crippen LogP contribution in [0.1, 0.15) is 0 Å². The molecule has 6 heteroatoms. The van der Waals surface area contributed by atoms with Crippen LogP contribution < -0.4 is 0 Å². The van der Waals surface area contributed by atoms with Crippen molar-refractivity contribution in [2.24, 2.45) is 14.1 Å². The number of aryl methyl sites for hydroxylation is 2. The number of aromatic nitrogens is 4. The van der Waals surface area contributed by atoms with E-state index in [1.54, 1.807) is 12.1 Å². The van der Waals surface area contributed by atoms with Crippen molar-refractivity contribution in [1.82, 2.24) is 19.1 Å². The van der Waals surface area contributed by atoms with Crippen LogP contribution in [0.15, 0.2) is 36.4 Å². The van der Waals surface area contributed by atoms with Gasteiger partial charge in [0.25, 0.3) is 0 Å². The van der Waals surface area contributed by atoms with Gasteiger partial charge < -0.3 is 9.13 Å². The molecule has 0 saturated carbocycles. The Hall–Kier alpha value is -2.76. The predicted octanol–water partition coefficient (Wildman–Crippen LogP) is 3.41. The molecule has 22 heavy (non-hydrogen) atoms. The predicted molar refractivity (Wildman–Crippen MR) is 80.3 cm³/mol. The first-order chi connectivity index (χ1) is 10.5. The van der Waals surface area contributed by atoms with Crippen LogP contribution in [0.4, 0.5) is 8.78 Å². The average molecular weight is 298 g/mol. The number of imidazole rings is 2. The molecule has 0 aliphatic carbocycles. The van der Waals surface area contributed by atoms with Gasteiger partial charge in [-0.05, 0) is 24.3 Å². The molecule has 0 saturated heterocycles. The molecule has 0 spiro atoms. The molecule has 0 bridgehead atoms. The molecule has 4 aromatic rings. The van der Waals surface area contributed by atoms with Crippen molar-refractivity contribution in [2.75, 3.05) is 0 Å². The zero-order chi connectivity index (χ0) is 15.4. The first-order valence-electron chi connectivity index (χ1n) is 6.79. The third kappa shape index (κ3) is 1.73. The number of halogens is 2. The van der Waals surface area contributed by atoms with Crippen molar-refractivity contribution >= 4 is 22.1 Å². The molecule has 0 aliphatic heterocycles. The summed E-state index contributed by atoms with van der Waals surface area (Å²) in [5.41, 5.74) is 2.76. The SMILES string of the molecule is Cn1c(-c2nc3cc(F)ccc3n2C)nc2cc(F)ccc21. The van der Waals surface area contributed by atoms with E-state index in [2.05, 4.69) is 9.97 Å². The smallest absolute Gasteiger partial charge is 0.177 e. The van der Waals surface area contributed by atoms with Crippen LogP contribution >= 0.6 is 0 Å². The minimum atomic E-state index is -0.329. The first kappa shape index (κ1) is 12.9. The Balaban J connectivity index is 2.02. The highest BCUT2D eigenvalue weighted by Gasteiger charge is 2.17. The van der Waals surface area contributed by atoms with E-state index in [1.807, 2.05) is 23.2 Å². The van der Waals surface area contributed by atoms with E-state index in [-0.39, 0.29) is 11.6 Å². The lowest BCUT2D eigenvalue weighted by molar-refractivity contribution is 0.629. The second kappa shape index (κ2) is 4.37. The highest BCUT2D eigenvalue weighted by atomic mass is 19.1. The molecule has 0 aliphatic rings. The fourth-order valence-electron chi connectivity index (χ4n) is 2.75. The van der Waals surface area contributed by atoms with E-state index < -0.39 is 0 Å². The summed E-state index contributed by atoms with van der Waals surface area (Å²) in [6.07, 6.45) is 0. The first-order valence-corrected chi connectivity index (χ1v) is 6.79. The van der Waals surface area contributed by atoms with Crippen LogP contribution in [0.5, 0.6) is 0 Å². The molecule has 0 N–H and O–H groups in total. The second-order valence-corrected chi connectivity index (χ2v) is 5.25. The monoisotopic (exact) mass is 298 g/mol. The zero-order valence-electron chi connectivity index (χ0n) is 12.0. The van der Waals surface area contributed by atoms with Crippen molar-refractivity contribution in [3.8, 4) is 11.6 Å². The average Bonchev–Trinajstić information content (AvgIpc) is 2.96. The lowest BCUT2D eigenvalue weighted by Gasteiger charge is -2.02. The molecule has 0 fully saturated rings. The number of fused-ring (bicyclic) bond motifs is 2. The third-order valence-electron chi connectivity index (χ3n) is 3.89. The molecule has 0 atom stereocenters. The molecule has 0 amide bonds. The summed E-state index contributed by atoms with van der Waals surface area (Å²) in [6.45, 7) is 0. The third-order valence-corrected chi connectivity index (χ3v) is 3.89. The minimum Gasteiger partial charge on any atom is -0.324 e. The van der Waals surface area contributed by atoms with Crippen molar-refractivity contribution in [2.45, 2.75) is 0 Å². The molecule has 2 aromatic heterocycles. The van der Waals surface area contributed by atoms with Crippen molar-refractivity contribution < 1.29 is 8.78 Å². The number of rotatable bonds is 1. The van der Waals surface area contributed by atoms with E-state index in [9.17, 15) is 8.78 Å². The molecular weight excluding hydrogens is 286 g/mol. The molecular formula is C16H12F2N4. The minimum absolute atomic E-state index is 0.329. The summed E-state index contributed by atoms with van der Waals surface area (Å²) in [5, 5.41) is 0. The lowest BCUT2D eigenvalue weighted by atomic mass is 10.3. The lowest BCUT2D eigenvalue weighted by Crippen LogP contribution is -1.99. The van der Waals surface area contributed by atoms with Gasteiger partial charge in [-0.25, -0.2) is 18.7 Å². The number of benzene rings is 2. The van der Waals surface area contributed by atoms with Gasteiger partial charge in [-0.1, -0.05) is 0 Å². The number of nitrogens with zero attached hydrogens (tertiary/aromatic N) is 4. The molecule has 0 radical (unpaired) electrons. The maximum atomic E-state index is 13.4. The second-order valence-electron chi connectivity index (χ2n) is 5.25. The van der Waals surface area contributed by atoms with E-state index in [0.717, 1.165) is 11.0 Å². The Bertz CT molecular complexity index is 946. The Morgan fingerprint density at radius 3 is 1.55 bits per heavy atom. The van der Waals surface area contributed by atoms with Gasteiger partial charge in [-0.15, -0.1) is 0 Å². The van der Waals surface area contributed by atoms with Gasteiger partial charge >= 0.3 is 0 Å². The summed E-state index contributed by atoms with van der Waals surface area (Å²) >= 11 is 0. The van der Waals surface area contributed by atoms with E-state index in [4.69, 9.17) is 0 Å². The zero-order valence-corrected chi connectivity index (χ0v) is 12.0. The summed E-state index contributed by atoms with van der Waals surface area (Å²) in [7, 11) is 3.70. The molecule has 2 aromatic carbocycles. The highest BCUT2D eigenvalue weighted by Crippen LogP contribution is 2.26. The Kier molecular flexibility index (Phi) is 2.57. The summed E-state index contributed by atoms with van der Waals surface area (Å²) in [6, 6.07) is 8.95. The van der Waals surface area contributed by atoms with Gasteiger partial charge in [0.05, 0.1) is 22.1 Å². The fourth-order valence-corrected chi connectivity index (χ4v) is 2.75. The van der Waals surface area contributed by atoms with Crippen molar-refractivity contribution in [3.63, 3.8) is 0 Å². The van der Waals surface area contributed by atoms with Gasteiger partial charge in [0, 0.05) is 26.2 Å². The number of hydrogen-bond donors (Lipinski definition) is 0. The molecule has 2 heterocycles. The topological polar surface area (TPSA) is 35.6 Å². The molecule has 110 valence electrons. The largest absolute Gasteiger partial charge is 0.324 e. The van der Waals surface area contributed by atoms with Crippen LogP contribution in [0.25, 0.3) is 33.7 Å². The van der Waals surface area contributed by atoms with Crippen LogP contribution in [0.3, 0.4) is 0 Å². The van der Waals surface area contributed by atoms with Crippen molar-refractivity contribution in [3.05, 3.63) is 48.0 Å². The normalized spacial score (nSPS) is 11.6. The van der Waals surface area contributed by atoms with Gasteiger partial charge in [0.1, 0.15) is 11.6 Å². The van der Waals surface area contributed by atoms with Gasteiger partial charge in [-0.3, -0.25) is 0 Å². The maximum Gasteiger partial charge on any atom is 0.177 e. The highest BCUT2D eigenvalue weighted by molar-refractivity contribution is 5.83. The van der Waals surface area contributed by atoms with Gasteiger partial charge in [-0.2, -0.15) is 0 Å². The van der Waals surface area contributed by atoms with Gasteiger partial charge in [0.15, 0.2) is 11.6 Å². The van der Waals surface area contributed by atoms with Crippen molar-refractivity contribution in [1.29, 1.82) is 0 Å².